The molecule has 1 fully saturated rings. The van der Waals surface area contributed by atoms with Crippen LogP contribution in [0.25, 0.3) is 0 Å². The lowest BCUT2D eigenvalue weighted by molar-refractivity contribution is -0.239. The average Bonchev–Trinajstić information content (AvgIpc) is 2.47. The minimum atomic E-state index is -0.0881. The van der Waals surface area contributed by atoms with Gasteiger partial charge in [-0.3, -0.25) is 4.84 Å². The van der Waals surface area contributed by atoms with Crippen molar-refractivity contribution >= 4 is 0 Å². The summed E-state index contributed by atoms with van der Waals surface area (Å²) < 4.78 is 5.94. The van der Waals surface area contributed by atoms with Gasteiger partial charge in [0.25, 0.3) is 0 Å². The van der Waals surface area contributed by atoms with Gasteiger partial charge in [-0.25, -0.2) is 0 Å². The molecule has 0 aromatic heterocycles. The number of hydroxylamine groups is 2. The van der Waals surface area contributed by atoms with E-state index in [-0.39, 0.29) is 11.0 Å². The third-order valence-electron chi connectivity index (χ3n) is 4.49. The Bertz CT molecular complexity index is 488. The first-order chi connectivity index (χ1) is 11.1. The van der Waals surface area contributed by atoms with Crippen LogP contribution in [0.3, 0.4) is 0 Å². The predicted octanol–water partition coefficient (Wildman–Crippen LogP) is 5.20. The first kappa shape index (κ1) is 19.3. The maximum Gasteiger partial charge on any atom is 0.119 e. The summed E-state index contributed by atoms with van der Waals surface area (Å²) in [5.74, 6) is 1.73. The molecule has 0 bridgehead atoms. The standard InChI is InChI=1S/C21H35NO2/c1-20(2,3)18-7-9-19(10-8-18)23-16-13-17-11-14-22(15-12-17)24-21(4,5)6/h7-10,17H,11-16H2,1-6H3. The van der Waals surface area contributed by atoms with Crippen molar-refractivity contribution in [2.24, 2.45) is 5.92 Å². The van der Waals surface area contributed by atoms with E-state index in [0.717, 1.165) is 37.8 Å². The van der Waals surface area contributed by atoms with Gasteiger partial charge in [0.1, 0.15) is 5.75 Å². The van der Waals surface area contributed by atoms with Crippen LogP contribution < -0.4 is 4.74 Å². The fourth-order valence-electron chi connectivity index (χ4n) is 3.07. The molecular weight excluding hydrogens is 298 g/mol. The maximum atomic E-state index is 5.94. The molecule has 136 valence electrons. The Kier molecular flexibility index (Phi) is 6.33. The van der Waals surface area contributed by atoms with Crippen molar-refractivity contribution in [2.45, 2.75) is 71.8 Å². The molecule has 0 radical (unpaired) electrons. The summed E-state index contributed by atoms with van der Waals surface area (Å²) in [6.07, 6.45) is 3.52. The Morgan fingerprint density at radius 2 is 1.54 bits per heavy atom. The van der Waals surface area contributed by atoms with Gasteiger partial charge in [0.15, 0.2) is 0 Å². The van der Waals surface area contributed by atoms with E-state index in [1.165, 1.54) is 18.4 Å². The van der Waals surface area contributed by atoms with Gasteiger partial charge < -0.3 is 4.74 Å². The lowest BCUT2D eigenvalue weighted by atomic mass is 9.87. The van der Waals surface area contributed by atoms with Gasteiger partial charge in [-0.05, 0) is 69.1 Å². The van der Waals surface area contributed by atoms with Crippen molar-refractivity contribution in [3.8, 4) is 5.75 Å². The van der Waals surface area contributed by atoms with Crippen LogP contribution in [0.5, 0.6) is 5.75 Å². The number of nitrogens with zero attached hydrogens (tertiary/aromatic N) is 1. The summed E-state index contributed by atoms with van der Waals surface area (Å²) in [4.78, 5) is 5.94. The van der Waals surface area contributed by atoms with E-state index in [2.05, 4.69) is 70.9 Å². The molecule has 0 saturated carbocycles. The summed E-state index contributed by atoms with van der Waals surface area (Å²) in [6.45, 7) is 15.9. The highest BCUT2D eigenvalue weighted by molar-refractivity contribution is 5.31. The normalized spacial score (nSPS) is 17.9. The quantitative estimate of drug-likeness (QED) is 0.739. The summed E-state index contributed by atoms with van der Waals surface area (Å²) in [5, 5.41) is 2.13. The van der Waals surface area contributed by atoms with Crippen LogP contribution >= 0.6 is 0 Å². The molecule has 2 rings (SSSR count). The van der Waals surface area contributed by atoms with Crippen LogP contribution in [-0.2, 0) is 10.3 Å². The topological polar surface area (TPSA) is 21.7 Å². The highest BCUT2D eigenvalue weighted by atomic mass is 16.7. The number of benzene rings is 1. The number of hydrogen-bond acceptors (Lipinski definition) is 3. The highest BCUT2D eigenvalue weighted by Gasteiger charge is 2.23. The smallest absolute Gasteiger partial charge is 0.119 e. The molecule has 24 heavy (non-hydrogen) atoms. The molecule has 1 aliphatic heterocycles. The molecule has 1 aromatic carbocycles. The van der Waals surface area contributed by atoms with Gasteiger partial charge in [0.2, 0.25) is 0 Å². The third kappa shape index (κ3) is 6.45. The molecule has 0 unspecified atom stereocenters. The minimum Gasteiger partial charge on any atom is -0.494 e. The summed E-state index contributed by atoms with van der Waals surface area (Å²) in [6, 6.07) is 8.55. The van der Waals surface area contributed by atoms with E-state index in [9.17, 15) is 0 Å². The van der Waals surface area contributed by atoms with Crippen LogP contribution in [0.2, 0.25) is 0 Å². The summed E-state index contributed by atoms with van der Waals surface area (Å²) in [5.41, 5.74) is 1.46. The van der Waals surface area contributed by atoms with E-state index in [0.29, 0.717) is 0 Å². The minimum absolute atomic E-state index is 0.0881. The highest BCUT2D eigenvalue weighted by Crippen LogP contribution is 2.26. The van der Waals surface area contributed by atoms with Crippen molar-refractivity contribution in [1.82, 2.24) is 5.06 Å². The lowest BCUT2D eigenvalue weighted by Gasteiger charge is -2.35. The Labute approximate surface area is 148 Å². The third-order valence-corrected chi connectivity index (χ3v) is 4.49. The van der Waals surface area contributed by atoms with Gasteiger partial charge in [-0.1, -0.05) is 32.9 Å². The van der Waals surface area contributed by atoms with Crippen molar-refractivity contribution in [1.29, 1.82) is 0 Å². The number of rotatable bonds is 5. The van der Waals surface area contributed by atoms with Gasteiger partial charge in [0, 0.05) is 13.1 Å². The molecule has 0 aliphatic carbocycles. The molecule has 1 heterocycles. The first-order valence-corrected chi connectivity index (χ1v) is 9.31. The molecule has 1 saturated heterocycles. The monoisotopic (exact) mass is 333 g/mol. The van der Waals surface area contributed by atoms with Gasteiger partial charge in [0.05, 0.1) is 12.2 Å². The number of ether oxygens (including phenoxy) is 1. The van der Waals surface area contributed by atoms with Crippen LogP contribution in [-0.4, -0.2) is 30.4 Å². The fourth-order valence-corrected chi connectivity index (χ4v) is 3.07. The summed E-state index contributed by atoms with van der Waals surface area (Å²) >= 11 is 0. The molecule has 1 aromatic rings. The molecule has 3 nitrogen and oxygen atoms in total. The van der Waals surface area contributed by atoms with Crippen molar-refractivity contribution in [2.75, 3.05) is 19.7 Å². The fraction of sp³-hybridized carbons (Fsp3) is 0.714. The second-order valence-electron chi connectivity index (χ2n) is 8.99. The molecule has 0 N–H and O–H groups in total. The Hall–Kier alpha value is -1.06. The second kappa shape index (κ2) is 7.88. The van der Waals surface area contributed by atoms with E-state index in [4.69, 9.17) is 9.57 Å². The lowest BCUT2D eigenvalue weighted by Crippen LogP contribution is -2.39. The Balaban J connectivity index is 1.68. The van der Waals surface area contributed by atoms with Crippen molar-refractivity contribution in [3.63, 3.8) is 0 Å². The first-order valence-electron chi connectivity index (χ1n) is 9.31. The van der Waals surface area contributed by atoms with Gasteiger partial charge in [-0.15, -0.1) is 0 Å². The zero-order valence-corrected chi connectivity index (χ0v) is 16.4. The molecule has 0 amide bonds. The van der Waals surface area contributed by atoms with Crippen LogP contribution in [0.15, 0.2) is 24.3 Å². The second-order valence-corrected chi connectivity index (χ2v) is 8.99. The zero-order valence-electron chi connectivity index (χ0n) is 16.4. The van der Waals surface area contributed by atoms with Gasteiger partial charge >= 0.3 is 0 Å². The SMILES string of the molecule is CC(C)(C)ON1CCC(CCOc2ccc(C(C)(C)C)cc2)CC1. The van der Waals surface area contributed by atoms with Crippen molar-refractivity contribution in [3.05, 3.63) is 29.8 Å². The Morgan fingerprint density at radius 3 is 2.04 bits per heavy atom. The van der Waals surface area contributed by atoms with Crippen LogP contribution in [0, 0.1) is 5.92 Å². The largest absolute Gasteiger partial charge is 0.494 e. The molecular formula is C21H35NO2. The van der Waals surface area contributed by atoms with E-state index < -0.39 is 0 Å². The van der Waals surface area contributed by atoms with Crippen molar-refractivity contribution < 1.29 is 9.57 Å². The molecule has 3 heteroatoms. The summed E-state index contributed by atoms with van der Waals surface area (Å²) in [7, 11) is 0. The molecule has 1 aliphatic rings. The Morgan fingerprint density at radius 1 is 0.958 bits per heavy atom. The van der Waals surface area contributed by atoms with E-state index in [1.807, 2.05) is 0 Å². The van der Waals surface area contributed by atoms with Crippen LogP contribution in [0.4, 0.5) is 0 Å². The van der Waals surface area contributed by atoms with Crippen LogP contribution in [0.1, 0.15) is 66.4 Å². The number of hydrogen-bond donors (Lipinski definition) is 0. The predicted molar refractivity (Wildman–Crippen MR) is 100 cm³/mol. The molecule has 0 atom stereocenters. The maximum absolute atomic E-state index is 5.94. The average molecular weight is 334 g/mol. The molecule has 0 spiro atoms. The number of piperidine rings is 1. The van der Waals surface area contributed by atoms with E-state index in [1.54, 1.807) is 0 Å². The van der Waals surface area contributed by atoms with Gasteiger partial charge in [-0.2, -0.15) is 5.06 Å². The van der Waals surface area contributed by atoms with E-state index >= 15 is 0 Å². The zero-order chi connectivity index (χ0) is 17.8.